The molecule has 3 nitrogen and oxygen atoms in total. The molecule has 1 heterocycles. The highest BCUT2D eigenvalue weighted by atomic mass is 16.8. The summed E-state index contributed by atoms with van der Waals surface area (Å²) in [6.07, 6.45) is 0.757. The van der Waals surface area contributed by atoms with Crippen molar-refractivity contribution in [2.24, 2.45) is 0 Å². The van der Waals surface area contributed by atoms with Gasteiger partial charge in [0.2, 0.25) is 6.29 Å². The van der Waals surface area contributed by atoms with Crippen molar-refractivity contribution in [3.8, 4) is 0 Å². The lowest BCUT2D eigenvalue weighted by atomic mass is 10.2. The molecule has 0 aliphatic carbocycles. The second kappa shape index (κ2) is 5.43. The van der Waals surface area contributed by atoms with Gasteiger partial charge in [-0.2, -0.15) is 5.06 Å². The third-order valence-electron chi connectivity index (χ3n) is 2.67. The Kier molecular flexibility index (Phi) is 3.93. The highest BCUT2D eigenvalue weighted by molar-refractivity contribution is 5.15. The van der Waals surface area contributed by atoms with E-state index in [0.29, 0.717) is 6.04 Å². The van der Waals surface area contributed by atoms with Crippen molar-refractivity contribution < 1.29 is 9.57 Å². The zero-order valence-corrected chi connectivity index (χ0v) is 9.93. The molecule has 0 amide bonds. The molecule has 0 saturated carbocycles. The number of hydroxylamine groups is 2. The van der Waals surface area contributed by atoms with Crippen molar-refractivity contribution in [1.29, 1.82) is 0 Å². The molecule has 0 bridgehead atoms. The first-order valence-electron chi connectivity index (χ1n) is 5.87. The summed E-state index contributed by atoms with van der Waals surface area (Å²) in [5, 5.41) is 2.00. The van der Waals surface area contributed by atoms with Crippen LogP contribution in [0.2, 0.25) is 0 Å². The minimum atomic E-state index is -0.258. The summed E-state index contributed by atoms with van der Waals surface area (Å²) < 4.78 is 5.71. The summed E-state index contributed by atoms with van der Waals surface area (Å²) in [7, 11) is 0. The summed E-state index contributed by atoms with van der Waals surface area (Å²) in [5.74, 6) is 0. The second-order valence-corrected chi connectivity index (χ2v) is 4.31. The Morgan fingerprint density at radius 3 is 2.69 bits per heavy atom. The van der Waals surface area contributed by atoms with E-state index in [4.69, 9.17) is 9.57 Å². The van der Waals surface area contributed by atoms with Crippen LogP contribution in [0.3, 0.4) is 0 Å². The van der Waals surface area contributed by atoms with E-state index < -0.39 is 0 Å². The molecular formula is C13H19NO2. The van der Waals surface area contributed by atoms with Crippen molar-refractivity contribution in [2.75, 3.05) is 13.2 Å². The Morgan fingerprint density at radius 2 is 2.00 bits per heavy atom. The molecule has 1 aromatic rings. The maximum atomic E-state index is 5.87. The predicted molar refractivity (Wildman–Crippen MR) is 62.7 cm³/mol. The SMILES string of the molecule is CC(C)N1CCCOC(c2ccccc2)O1. The lowest BCUT2D eigenvalue weighted by Gasteiger charge is -2.26. The van der Waals surface area contributed by atoms with E-state index >= 15 is 0 Å². The van der Waals surface area contributed by atoms with Crippen LogP contribution in [0.4, 0.5) is 0 Å². The van der Waals surface area contributed by atoms with Gasteiger partial charge in [0, 0.05) is 18.2 Å². The molecule has 1 saturated heterocycles. The van der Waals surface area contributed by atoms with Crippen LogP contribution in [0.5, 0.6) is 0 Å². The fourth-order valence-corrected chi connectivity index (χ4v) is 1.76. The van der Waals surface area contributed by atoms with Gasteiger partial charge in [-0.05, 0) is 20.3 Å². The molecule has 1 aliphatic heterocycles. The molecule has 1 unspecified atom stereocenters. The quantitative estimate of drug-likeness (QED) is 0.766. The van der Waals surface area contributed by atoms with Crippen molar-refractivity contribution in [1.82, 2.24) is 5.06 Å². The lowest BCUT2D eigenvalue weighted by Crippen LogP contribution is -2.32. The minimum absolute atomic E-state index is 0.258. The van der Waals surface area contributed by atoms with Gasteiger partial charge in [0.05, 0.1) is 6.61 Å². The molecule has 0 spiro atoms. The van der Waals surface area contributed by atoms with E-state index in [-0.39, 0.29) is 6.29 Å². The number of nitrogens with zero attached hydrogens (tertiary/aromatic N) is 1. The summed E-state index contributed by atoms with van der Waals surface area (Å²) in [5.41, 5.74) is 1.08. The molecule has 16 heavy (non-hydrogen) atoms. The molecule has 1 fully saturated rings. The maximum absolute atomic E-state index is 5.87. The monoisotopic (exact) mass is 221 g/mol. The molecule has 1 aliphatic rings. The molecule has 1 atom stereocenters. The Hall–Kier alpha value is -0.900. The highest BCUT2D eigenvalue weighted by Crippen LogP contribution is 2.24. The Morgan fingerprint density at radius 1 is 1.25 bits per heavy atom. The fraction of sp³-hybridized carbons (Fsp3) is 0.538. The summed E-state index contributed by atoms with van der Waals surface area (Å²) in [6.45, 7) is 5.95. The van der Waals surface area contributed by atoms with Gasteiger partial charge in [-0.1, -0.05) is 30.3 Å². The Labute approximate surface area is 96.9 Å². The van der Waals surface area contributed by atoms with Gasteiger partial charge < -0.3 is 4.74 Å². The fourth-order valence-electron chi connectivity index (χ4n) is 1.76. The maximum Gasteiger partial charge on any atom is 0.203 e. The molecule has 88 valence electrons. The van der Waals surface area contributed by atoms with E-state index in [0.717, 1.165) is 25.1 Å². The van der Waals surface area contributed by atoms with E-state index in [2.05, 4.69) is 13.8 Å². The topological polar surface area (TPSA) is 21.7 Å². The first kappa shape index (κ1) is 11.6. The third-order valence-corrected chi connectivity index (χ3v) is 2.67. The smallest absolute Gasteiger partial charge is 0.203 e. The van der Waals surface area contributed by atoms with Gasteiger partial charge in [0.15, 0.2) is 0 Å². The number of ether oxygens (including phenoxy) is 1. The third kappa shape index (κ3) is 2.82. The molecule has 0 aromatic heterocycles. The van der Waals surface area contributed by atoms with E-state index in [1.165, 1.54) is 0 Å². The summed E-state index contributed by atoms with van der Waals surface area (Å²) >= 11 is 0. The predicted octanol–water partition coefficient (Wildman–Crippen LogP) is 2.75. The zero-order valence-electron chi connectivity index (χ0n) is 9.93. The zero-order chi connectivity index (χ0) is 11.4. The van der Waals surface area contributed by atoms with E-state index in [1.54, 1.807) is 0 Å². The van der Waals surface area contributed by atoms with Crippen LogP contribution in [0, 0.1) is 0 Å². The lowest BCUT2D eigenvalue weighted by molar-refractivity contribution is -0.279. The first-order chi connectivity index (χ1) is 7.77. The van der Waals surface area contributed by atoms with Gasteiger partial charge in [-0.15, -0.1) is 0 Å². The number of benzene rings is 1. The largest absolute Gasteiger partial charge is 0.347 e. The molecule has 2 rings (SSSR count). The second-order valence-electron chi connectivity index (χ2n) is 4.31. The van der Waals surface area contributed by atoms with Crippen LogP contribution in [-0.4, -0.2) is 24.3 Å². The number of hydrogen-bond acceptors (Lipinski definition) is 3. The number of hydrogen-bond donors (Lipinski definition) is 0. The number of rotatable bonds is 2. The van der Waals surface area contributed by atoms with Gasteiger partial charge >= 0.3 is 0 Å². The average Bonchev–Trinajstić information content (AvgIpc) is 2.56. The van der Waals surface area contributed by atoms with E-state index in [1.807, 2.05) is 35.4 Å². The minimum Gasteiger partial charge on any atom is -0.347 e. The van der Waals surface area contributed by atoms with Gasteiger partial charge in [-0.25, -0.2) is 0 Å². The van der Waals surface area contributed by atoms with Crippen molar-refractivity contribution in [2.45, 2.75) is 32.6 Å². The van der Waals surface area contributed by atoms with Gasteiger partial charge in [0.1, 0.15) is 0 Å². The molecular weight excluding hydrogens is 202 g/mol. The normalized spacial score (nSPS) is 23.3. The Balaban J connectivity index is 2.09. The molecule has 0 radical (unpaired) electrons. The average molecular weight is 221 g/mol. The van der Waals surface area contributed by atoms with Crippen molar-refractivity contribution in [3.63, 3.8) is 0 Å². The van der Waals surface area contributed by atoms with Crippen LogP contribution in [-0.2, 0) is 9.57 Å². The Bertz CT molecular complexity index is 313. The summed E-state index contributed by atoms with van der Waals surface area (Å²) in [4.78, 5) is 5.87. The van der Waals surface area contributed by atoms with Crippen LogP contribution < -0.4 is 0 Å². The summed E-state index contributed by atoms with van der Waals surface area (Å²) in [6, 6.07) is 10.5. The van der Waals surface area contributed by atoms with E-state index in [9.17, 15) is 0 Å². The van der Waals surface area contributed by atoms with Gasteiger partial charge in [-0.3, -0.25) is 4.84 Å². The van der Waals surface area contributed by atoms with Crippen LogP contribution >= 0.6 is 0 Å². The standard InChI is InChI=1S/C13H19NO2/c1-11(2)14-9-6-10-15-13(16-14)12-7-4-3-5-8-12/h3-5,7-8,11,13H,6,9-10H2,1-2H3. The van der Waals surface area contributed by atoms with Crippen LogP contribution in [0.15, 0.2) is 30.3 Å². The molecule has 1 aromatic carbocycles. The molecule has 3 heteroatoms. The van der Waals surface area contributed by atoms with Crippen molar-refractivity contribution >= 4 is 0 Å². The molecule has 0 N–H and O–H groups in total. The van der Waals surface area contributed by atoms with Crippen LogP contribution in [0.25, 0.3) is 0 Å². The van der Waals surface area contributed by atoms with Gasteiger partial charge in [0.25, 0.3) is 0 Å². The highest BCUT2D eigenvalue weighted by Gasteiger charge is 2.22. The van der Waals surface area contributed by atoms with Crippen molar-refractivity contribution in [3.05, 3.63) is 35.9 Å². The van der Waals surface area contributed by atoms with Crippen LogP contribution in [0.1, 0.15) is 32.1 Å². The first-order valence-corrected chi connectivity index (χ1v) is 5.87.